The van der Waals surface area contributed by atoms with E-state index >= 15 is 0 Å². The molecule has 1 amide bonds. The Morgan fingerprint density at radius 2 is 2.00 bits per heavy atom. The van der Waals surface area contributed by atoms with E-state index in [2.05, 4.69) is 24.3 Å². The summed E-state index contributed by atoms with van der Waals surface area (Å²) in [5.41, 5.74) is 2.76. The van der Waals surface area contributed by atoms with Crippen molar-refractivity contribution in [2.45, 2.75) is 46.8 Å². The number of ether oxygens (including phenoxy) is 1. The Balaban J connectivity index is 1.73. The molecule has 1 unspecified atom stereocenters. The van der Waals surface area contributed by atoms with Crippen molar-refractivity contribution < 1.29 is 9.53 Å². The molecule has 0 spiro atoms. The van der Waals surface area contributed by atoms with E-state index in [-0.39, 0.29) is 12.0 Å². The maximum Gasteiger partial charge on any atom is 0.244 e. The van der Waals surface area contributed by atoms with Crippen LogP contribution in [0.2, 0.25) is 5.15 Å². The lowest BCUT2D eigenvalue weighted by Gasteiger charge is -2.13. The number of benzene rings is 1. The third kappa shape index (κ3) is 6.80. The lowest BCUT2D eigenvalue weighted by Crippen LogP contribution is -2.23. The zero-order valence-electron chi connectivity index (χ0n) is 17.1. The van der Waals surface area contributed by atoms with Crippen LogP contribution in [0, 0.1) is 12.8 Å². The molecule has 0 saturated heterocycles. The fraction of sp³-hybridized carbons (Fsp3) is 0.455. The van der Waals surface area contributed by atoms with Crippen molar-refractivity contribution in [2.75, 3.05) is 13.2 Å². The minimum Gasteiger partial charge on any atom is -0.374 e. The highest BCUT2D eigenvalue weighted by Crippen LogP contribution is 2.22. The van der Waals surface area contributed by atoms with Crippen LogP contribution in [-0.2, 0) is 16.1 Å². The Bertz CT molecular complexity index is 785. The number of aromatic nitrogens is 2. The summed E-state index contributed by atoms with van der Waals surface area (Å²) in [4.78, 5) is 12.0. The van der Waals surface area contributed by atoms with Crippen molar-refractivity contribution in [3.8, 4) is 0 Å². The summed E-state index contributed by atoms with van der Waals surface area (Å²) in [6.45, 7) is 10.0. The van der Waals surface area contributed by atoms with Gasteiger partial charge in [-0.3, -0.25) is 9.48 Å². The van der Waals surface area contributed by atoms with Gasteiger partial charge >= 0.3 is 0 Å². The minimum absolute atomic E-state index is 0.0456. The smallest absolute Gasteiger partial charge is 0.244 e. The summed E-state index contributed by atoms with van der Waals surface area (Å²) in [7, 11) is 0. The first-order valence-corrected chi connectivity index (χ1v) is 10.1. The Kier molecular flexibility index (Phi) is 8.74. The van der Waals surface area contributed by atoms with E-state index < -0.39 is 0 Å². The predicted octanol–water partition coefficient (Wildman–Crippen LogP) is 4.80. The van der Waals surface area contributed by atoms with Gasteiger partial charge in [-0.2, -0.15) is 5.10 Å². The first-order valence-electron chi connectivity index (χ1n) is 9.73. The molecular weight excluding hydrogens is 374 g/mol. The molecular formula is C22H30ClN3O2. The van der Waals surface area contributed by atoms with Crippen LogP contribution in [0.15, 0.2) is 36.4 Å². The van der Waals surface area contributed by atoms with Gasteiger partial charge in [0.15, 0.2) is 0 Å². The lowest BCUT2D eigenvalue weighted by molar-refractivity contribution is -0.116. The molecule has 6 heteroatoms. The van der Waals surface area contributed by atoms with E-state index in [1.807, 2.05) is 44.2 Å². The van der Waals surface area contributed by atoms with Gasteiger partial charge in [-0.15, -0.1) is 0 Å². The highest BCUT2D eigenvalue weighted by atomic mass is 35.5. The van der Waals surface area contributed by atoms with E-state index in [1.54, 1.807) is 10.8 Å². The SMILES string of the molecule is Cc1nn(CC(C)C)c(Cl)c1/C=C/C(=O)NCCCOC(C)c1ccccc1. The number of carbonyl (C=O) groups is 1. The molecule has 0 aliphatic carbocycles. The third-order valence-electron chi connectivity index (χ3n) is 4.31. The predicted molar refractivity (Wildman–Crippen MR) is 114 cm³/mol. The Morgan fingerprint density at radius 1 is 1.29 bits per heavy atom. The van der Waals surface area contributed by atoms with Gasteiger partial charge in [-0.25, -0.2) is 0 Å². The number of aryl methyl sites for hydroxylation is 1. The normalized spacial score (nSPS) is 12.6. The van der Waals surface area contributed by atoms with Crippen molar-refractivity contribution >= 4 is 23.6 Å². The van der Waals surface area contributed by atoms with Crippen molar-refractivity contribution in [3.05, 3.63) is 58.4 Å². The van der Waals surface area contributed by atoms with Gasteiger partial charge in [-0.1, -0.05) is 55.8 Å². The molecule has 28 heavy (non-hydrogen) atoms. The molecule has 1 N–H and O–H groups in total. The zero-order valence-corrected chi connectivity index (χ0v) is 17.9. The molecule has 1 aromatic heterocycles. The molecule has 0 radical (unpaired) electrons. The van der Waals surface area contributed by atoms with Gasteiger partial charge in [0.2, 0.25) is 5.91 Å². The Labute approximate surface area is 172 Å². The fourth-order valence-electron chi connectivity index (χ4n) is 2.81. The van der Waals surface area contributed by atoms with Crippen LogP contribution in [0.25, 0.3) is 6.08 Å². The zero-order chi connectivity index (χ0) is 20.5. The number of halogens is 1. The van der Waals surface area contributed by atoms with Gasteiger partial charge in [0.1, 0.15) is 5.15 Å². The average molecular weight is 404 g/mol. The fourth-order valence-corrected chi connectivity index (χ4v) is 3.11. The average Bonchev–Trinajstić information content (AvgIpc) is 2.92. The van der Waals surface area contributed by atoms with Crippen LogP contribution in [0.3, 0.4) is 0 Å². The molecule has 1 aromatic carbocycles. The third-order valence-corrected chi connectivity index (χ3v) is 4.70. The van der Waals surface area contributed by atoms with Crippen LogP contribution in [0.4, 0.5) is 0 Å². The highest BCUT2D eigenvalue weighted by molar-refractivity contribution is 6.31. The first kappa shape index (κ1) is 22.2. The lowest BCUT2D eigenvalue weighted by atomic mass is 10.1. The number of amides is 1. The molecule has 5 nitrogen and oxygen atoms in total. The van der Waals surface area contributed by atoms with Gasteiger partial charge in [0, 0.05) is 31.3 Å². The summed E-state index contributed by atoms with van der Waals surface area (Å²) in [5.74, 6) is 0.298. The number of hydrogen-bond acceptors (Lipinski definition) is 3. The van der Waals surface area contributed by atoms with Gasteiger partial charge in [-0.05, 0) is 37.8 Å². The van der Waals surface area contributed by atoms with E-state index in [0.717, 1.165) is 29.8 Å². The summed E-state index contributed by atoms with van der Waals surface area (Å²) in [5, 5.41) is 7.88. The van der Waals surface area contributed by atoms with Crippen LogP contribution in [0.5, 0.6) is 0 Å². The van der Waals surface area contributed by atoms with Crippen LogP contribution < -0.4 is 5.32 Å². The first-order chi connectivity index (χ1) is 13.4. The van der Waals surface area contributed by atoms with Gasteiger partial charge in [0.25, 0.3) is 0 Å². The van der Waals surface area contributed by atoms with E-state index in [9.17, 15) is 4.79 Å². The molecule has 152 valence electrons. The molecule has 0 bridgehead atoms. The minimum atomic E-state index is -0.150. The Hall–Kier alpha value is -2.11. The van der Waals surface area contributed by atoms with Gasteiger partial charge in [0.05, 0.1) is 11.8 Å². The summed E-state index contributed by atoms with van der Waals surface area (Å²) in [6, 6.07) is 10.1. The maximum absolute atomic E-state index is 12.0. The standard InChI is InChI=1S/C22H30ClN3O2/c1-16(2)15-26-22(23)20(17(3)25-26)11-12-21(27)24-13-8-14-28-18(4)19-9-6-5-7-10-19/h5-7,9-12,16,18H,8,13-15H2,1-4H3,(H,24,27)/b12-11+. The molecule has 2 aromatic rings. The van der Waals surface area contributed by atoms with Crippen LogP contribution >= 0.6 is 11.6 Å². The van der Waals surface area contributed by atoms with E-state index in [0.29, 0.717) is 24.2 Å². The van der Waals surface area contributed by atoms with Crippen molar-refractivity contribution in [1.82, 2.24) is 15.1 Å². The summed E-state index contributed by atoms with van der Waals surface area (Å²) in [6.07, 6.45) is 4.03. The van der Waals surface area contributed by atoms with Crippen molar-refractivity contribution in [2.24, 2.45) is 5.92 Å². The summed E-state index contributed by atoms with van der Waals surface area (Å²) < 4.78 is 7.59. The summed E-state index contributed by atoms with van der Waals surface area (Å²) >= 11 is 6.38. The topological polar surface area (TPSA) is 56.2 Å². The second kappa shape index (κ2) is 11.0. The number of carbonyl (C=O) groups excluding carboxylic acids is 1. The largest absolute Gasteiger partial charge is 0.374 e. The monoisotopic (exact) mass is 403 g/mol. The second-order valence-corrected chi connectivity index (χ2v) is 7.63. The Morgan fingerprint density at radius 3 is 2.68 bits per heavy atom. The van der Waals surface area contributed by atoms with Crippen LogP contribution in [0.1, 0.15) is 50.1 Å². The molecule has 0 saturated carbocycles. The molecule has 0 aliphatic heterocycles. The van der Waals surface area contributed by atoms with E-state index in [4.69, 9.17) is 16.3 Å². The van der Waals surface area contributed by atoms with Gasteiger partial charge < -0.3 is 10.1 Å². The van der Waals surface area contributed by atoms with Crippen molar-refractivity contribution in [1.29, 1.82) is 0 Å². The molecule has 1 heterocycles. The maximum atomic E-state index is 12.0. The molecule has 1 atom stereocenters. The highest BCUT2D eigenvalue weighted by Gasteiger charge is 2.12. The molecule has 0 aliphatic rings. The van der Waals surface area contributed by atoms with Crippen LogP contribution in [-0.4, -0.2) is 28.8 Å². The number of nitrogens with zero attached hydrogens (tertiary/aromatic N) is 2. The van der Waals surface area contributed by atoms with Crippen molar-refractivity contribution in [3.63, 3.8) is 0 Å². The number of nitrogens with one attached hydrogen (secondary N) is 1. The quantitative estimate of drug-likeness (QED) is 0.458. The number of hydrogen-bond donors (Lipinski definition) is 1. The second-order valence-electron chi connectivity index (χ2n) is 7.27. The van der Waals surface area contributed by atoms with E-state index in [1.165, 1.54) is 6.08 Å². The number of rotatable bonds is 10. The molecule has 2 rings (SSSR count). The molecule has 0 fully saturated rings.